The SMILES string of the molecule is O=C(O)CC1(C(=O)O)CCCc2ccc(F)cc21. The fourth-order valence-electron chi connectivity index (χ4n) is 2.67. The van der Waals surface area contributed by atoms with Crippen LogP contribution in [0.1, 0.15) is 30.4 Å². The largest absolute Gasteiger partial charge is 0.481 e. The molecule has 96 valence electrons. The van der Waals surface area contributed by atoms with Gasteiger partial charge in [-0.2, -0.15) is 0 Å². The third-order valence-electron chi connectivity index (χ3n) is 3.50. The van der Waals surface area contributed by atoms with Crippen LogP contribution < -0.4 is 0 Å². The lowest BCUT2D eigenvalue weighted by Crippen LogP contribution is -2.41. The topological polar surface area (TPSA) is 74.6 Å². The van der Waals surface area contributed by atoms with Gasteiger partial charge in [-0.1, -0.05) is 6.07 Å². The summed E-state index contributed by atoms with van der Waals surface area (Å²) in [7, 11) is 0. The third-order valence-corrected chi connectivity index (χ3v) is 3.50. The molecule has 0 aromatic heterocycles. The normalized spacial score (nSPS) is 22.3. The Bertz CT molecular complexity index is 512. The van der Waals surface area contributed by atoms with Gasteiger partial charge in [0.15, 0.2) is 0 Å². The smallest absolute Gasteiger partial charge is 0.314 e. The first-order valence-electron chi connectivity index (χ1n) is 5.70. The van der Waals surface area contributed by atoms with Gasteiger partial charge in [-0.3, -0.25) is 9.59 Å². The predicted octanol–water partition coefficient (Wildman–Crippen LogP) is 1.96. The first-order chi connectivity index (χ1) is 8.45. The van der Waals surface area contributed by atoms with Gasteiger partial charge in [0, 0.05) is 0 Å². The number of aryl methyl sites for hydroxylation is 1. The number of carbonyl (C=O) groups is 2. The number of fused-ring (bicyclic) bond motifs is 1. The summed E-state index contributed by atoms with van der Waals surface area (Å²) in [6.07, 6.45) is 0.965. The molecule has 0 aliphatic heterocycles. The van der Waals surface area contributed by atoms with Gasteiger partial charge in [0.25, 0.3) is 0 Å². The molecule has 0 saturated carbocycles. The van der Waals surface area contributed by atoms with Crippen molar-refractivity contribution in [2.75, 3.05) is 0 Å². The number of halogens is 1. The van der Waals surface area contributed by atoms with Gasteiger partial charge in [-0.15, -0.1) is 0 Å². The van der Waals surface area contributed by atoms with Crippen molar-refractivity contribution in [3.05, 3.63) is 35.1 Å². The number of benzene rings is 1. The van der Waals surface area contributed by atoms with E-state index in [1.807, 2.05) is 0 Å². The fraction of sp³-hybridized carbons (Fsp3) is 0.385. The van der Waals surface area contributed by atoms with Crippen molar-refractivity contribution in [2.45, 2.75) is 31.1 Å². The van der Waals surface area contributed by atoms with Crippen molar-refractivity contribution in [1.29, 1.82) is 0 Å². The molecule has 0 amide bonds. The molecule has 1 aliphatic rings. The van der Waals surface area contributed by atoms with Crippen LogP contribution in [0.15, 0.2) is 18.2 Å². The van der Waals surface area contributed by atoms with Crippen LogP contribution >= 0.6 is 0 Å². The zero-order chi connectivity index (χ0) is 13.3. The molecule has 0 spiro atoms. The van der Waals surface area contributed by atoms with E-state index in [1.54, 1.807) is 6.07 Å². The molecular weight excluding hydrogens is 239 g/mol. The zero-order valence-corrected chi connectivity index (χ0v) is 9.65. The first-order valence-corrected chi connectivity index (χ1v) is 5.70. The fourth-order valence-corrected chi connectivity index (χ4v) is 2.67. The van der Waals surface area contributed by atoms with Crippen LogP contribution in [0.5, 0.6) is 0 Å². The summed E-state index contributed by atoms with van der Waals surface area (Å²) in [5.41, 5.74) is -0.462. The highest BCUT2D eigenvalue weighted by atomic mass is 19.1. The van der Waals surface area contributed by atoms with Crippen molar-refractivity contribution in [3.63, 3.8) is 0 Å². The Morgan fingerprint density at radius 3 is 2.67 bits per heavy atom. The molecule has 1 unspecified atom stereocenters. The zero-order valence-electron chi connectivity index (χ0n) is 9.65. The molecule has 0 bridgehead atoms. The molecule has 4 nitrogen and oxygen atoms in total. The number of hydrogen-bond acceptors (Lipinski definition) is 2. The minimum Gasteiger partial charge on any atom is -0.481 e. The van der Waals surface area contributed by atoms with Crippen LogP contribution in [0, 0.1) is 5.82 Å². The van der Waals surface area contributed by atoms with E-state index < -0.39 is 29.6 Å². The van der Waals surface area contributed by atoms with E-state index in [-0.39, 0.29) is 6.42 Å². The molecule has 18 heavy (non-hydrogen) atoms. The highest BCUT2D eigenvalue weighted by Gasteiger charge is 2.45. The molecule has 0 radical (unpaired) electrons. The monoisotopic (exact) mass is 252 g/mol. The van der Waals surface area contributed by atoms with Crippen LogP contribution in [0.3, 0.4) is 0 Å². The Kier molecular flexibility index (Phi) is 3.07. The van der Waals surface area contributed by atoms with Gasteiger partial charge in [-0.25, -0.2) is 4.39 Å². The summed E-state index contributed by atoms with van der Waals surface area (Å²) < 4.78 is 13.3. The molecule has 1 atom stereocenters. The molecule has 5 heteroatoms. The van der Waals surface area contributed by atoms with E-state index in [9.17, 15) is 19.1 Å². The summed E-state index contributed by atoms with van der Waals surface area (Å²) in [6, 6.07) is 3.98. The second-order valence-electron chi connectivity index (χ2n) is 4.61. The molecule has 0 saturated heterocycles. The first kappa shape index (κ1) is 12.5. The quantitative estimate of drug-likeness (QED) is 0.862. The van der Waals surface area contributed by atoms with Gasteiger partial charge in [0.05, 0.1) is 6.42 Å². The second kappa shape index (κ2) is 4.40. The van der Waals surface area contributed by atoms with Crippen molar-refractivity contribution < 1.29 is 24.2 Å². The highest BCUT2D eigenvalue weighted by molar-refractivity contribution is 5.87. The molecule has 1 aliphatic carbocycles. The van der Waals surface area contributed by atoms with Gasteiger partial charge in [-0.05, 0) is 42.5 Å². The Hall–Kier alpha value is -1.91. The van der Waals surface area contributed by atoms with Crippen molar-refractivity contribution in [1.82, 2.24) is 0 Å². The molecule has 1 aromatic carbocycles. The Labute approximate surface area is 103 Å². The second-order valence-corrected chi connectivity index (χ2v) is 4.61. The predicted molar refractivity (Wildman–Crippen MR) is 60.9 cm³/mol. The van der Waals surface area contributed by atoms with Crippen molar-refractivity contribution in [2.24, 2.45) is 0 Å². The summed E-state index contributed by atoms with van der Waals surface area (Å²) >= 11 is 0. The van der Waals surface area contributed by atoms with E-state index >= 15 is 0 Å². The lowest BCUT2D eigenvalue weighted by molar-refractivity contribution is -0.151. The van der Waals surface area contributed by atoms with E-state index in [4.69, 9.17) is 5.11 Å². The van der Waals surface area contributed by atoms with Crippen molar-refractivity contribution in [3.8, 4) is 0 Å². The average Bonchev–Trinajstić information content (AvgIpc) is 2.29. The number of hydrogen-bond donors (Lipinski definition) is 2. The van der Waals surface area contributed by atoms with E-state index in [2.05, 4.69) is 0 Å². The minimum atomic E-state index is -1.50. The van der Waals surface area contributed by atoms with E-state index in [0.717, 1.165) is 11.6 Å². The van der Waals surface area contributed by atoms with Crippen LogP contribution in [-0.2, 0) is 21.4 Å². The van der Waals surface area contributed by atoms with Crippen LogP contribution in [-0.4, -0.2) is 22.2 Å². The lowest BCUT2D eigenvalue weighted by atomic mass is 9.68. The molecule has 2 rings (SSSR count). The number of carboxylic acids is 2. The molecule has 0 heterocycles. The molecule has 2 N–H and O–H groups in total. The Morgan fingerprint density at radius 2 is 2.06 bits per heavy atom. The van der Waals surface area contributed by atoms with E-state index in [1.165, 1.54) is 6.07 Å². The van der Waals surface area contributed by atoms with Crippen LogP contribution in [0.2, 0.25) is 0 Å². The molecule has 1 aromatic rings. The maximum Gasteiger partial charge on any atom is 0.314 e. The van der Waals surface area contributed by atoms with Gasteiger partial charge in [0.2, 0.25) is 0 Å². The third kappa shape index (κ3) is 1.96. The standard InChI is InChI=1S/C13H13FO4/c14-9-4-3-8-2-1-5-13(12(17)18,7-11(15)16)10(8)6-9/h3-4,6H,1-2,5,7H2,(H,15,16)(H,17,18). The van der Waals surface area contributed by atoms with Crippen molar-refractivity contribution >= 4 is 11.9 Å². The van der Waals surface area contributed by atoms with Crippen LogP contribution in [0.25, 0.3) is 0 Å². The lowest BCUT2D eigenvalue weighted by Gasteiger charge is -2.34. The number of aliphatic carboxylic acids is 2. The summed E-state index contributed by atoms with van der Waals surface area (Å²) in [4.78, 5) is 22.4. The minimum absolute atomic E-state index is 0.227. The van der Waals surface area contributed by atoms with E-state index in [0.29, 0.717) is 18.4 Å². The average molecular weight is 252 g/mol. The Morgan fingerprint density at radius 1 is 1.33 bits per heavy atom. The van der Waals surface area contributed by atoms with Gasteiger partial charge < -0.3 is 10.2 Å². The maximum atomic E-state index is 13.3. The molecular formula is C13H13FO4. The number of carboxylic acid groups (broad SMARTS) is 2. The van der Waals surface area contributed by atoms with Crippen LogP contribution in [0.4, 0.5) is 4.39 Å². The summed E-state index contributed by atoms with van der Waals surface area (Å²) in [5.74, 6) is -2.92. The maximum absolute atomic E-state index is 13.3. The summed E-state index contributed by atoms with van der Waals surface area (Å²) in [5, 5.41) is 18.3. The number of rotatable bonds is 3. The van der Waals surface area contributed by atoms with Gasteiger partial charge >= 0.3 is 11.9 Å². The summed E-state index contributed by atoms with van der Waals surface area (Å²) in [6.45, 7) is 0. The Balaban J connectivity index is 2.59. The molecule has 0 fully saturated rings. The van der Waals surface area contributed by atoms with Gasteiger partial charge in [0.1, 0.15) is 11.2 Å². The highest BCUT2D eigenvalue weighted by Crippen LogP contribution is 2.40.